The van der Waals surface area contributed by atoms with Crippen LogP contribution in [0.25, 0.3) is 22.2 Å². The summed E-state index contributed by atoms with van der Waals surface area (Å²) in [5, 5.41) is 20.2. The van der Waals surface area contributed by atoms with Gasteiger partial charge in [-0.15, -0.1) is 0 Å². The second kappa shape index (κ2) is 11.2. The zero-order chi connectivity index (χ0) is 27.3. The molecule has 38 heavy (non-hydrogen) atoms. The van der Waals surface area contributed by atoms with Gasteiger partial charge in [-0.25, -0.2) is 9.97 Å². The molecule has 2 aromatic heterocycles. The first kappa shape index (κ1) is 26.5. The minimum absolute atomic E-state index is 0.223. The van der Waals surface area contributed by atoms with Gasteiger partial charge in [-0.1, -0.05) is 12.1 Å². The number of nitrogens with zero attached hydrogens (tertiary/aromatic N) is 4. The molecule has 0 unspecified atom stereocenters. The maximum Gasteiger partial charge on any atom is 0.408 e. The first-order chi connectivity index (χ1) is 18.3. The zero-order valence-corrected chi connectivity index (χ0v) is 20.3. The molecule has 1 saturated carbocycles. The van der Waals surface area contributed by atoms with Crippen LogP contribution < -0.4 is 10.1 Å². The summed E-state index contributed by atoms with van der Waals surface area (Å²) in [6.07, 6.45) is 1.91. The summed E-state index contributed by atoms with van der Waals surface area (Å²) in [4.78, 5) is 16.6. The van der Waals surface area contributed by atoms with Crippen molar-refractivity contribution < 1.29 is 27.8 Å². The number of rotatable bonds is 6. The van der Waals surface area contributed by atoms with E-state index in [0.29, 0.717) is 17.0 Å². The van der Waals surface area contributed by atoms with Crippen molar-refractivity contribution in [3.8, 4) is 29.1 Å². The number of aromatic nitrogens is 3. The van der Waals surface area contributed by atoms with Gasteiger partial charge in [0, 0.05) is 35.6 Å². The summed E-state index contributed by atoms with van der Waals surface area (Å²) in [5.41, 5.74) is 3.28. The third kappa shape index (κ3) is 5.54. The molecule has 4 aromatic rings. The summed E-state index contributed by atoms with van der Waals surface area (Å²) in [7, 11) is 0. The Balaban J connectivity index is 0.00000107. The number of anilines is 1. The number of carbonyl (C=O) groups is 1. The van der Waals surface area contributed by atoms with Gasteiger partial charge in [-0.2, -0.15) is 18.4 Å². The number of nitrogens with one attached hydrogen (secondary N) is 1. The number of carboxylic acid groups (broad SMARTS) is 1. The van der Waals surface area contributed by atoms with Gasteiger partial charge >= 0.3 is 12.2 Å². The Morgan fingerprint density at radius 1 is 1.18 bits per heavy atom. The van der Waals surface area contributed by atoms with Crippen LogP contribution in [0.15, 0.2) is 60.9 Å². The maximum absolute atomic E-state index is 12.9. The minimum Gasteiger partial charge on any atom is -0.483 e. The van der Waals surface area contributed by atoms with Gasteiger partial charge in [0.1, 0.15) is 17.9 Å². The molecular weight excluding hydrogens is 499 g/mol. The Kier molecular flexibility index (Phi) is 7.81. The maximum atomic E-state index is 12.9. The van der Waals surface area contributed by atoms with Gasteiger partial charge in [-0.05, 0) is 62.1 Å². The van der Waals surface area contributed by atoms with E-state index >= 15 is 0 Å². The molecule has 0 saturated heterocycles. The van der Waals surface area contributed by atoms with Gasteiger partial charge in [0.05, 0.1) is 16.8 Å². The number of ether oxygens (including phenoxy) is 1. The molecule has 1 aliphatic carbocycles. The molecule has 2 heterocycles. The van der Waals surface area contributed by atoms with E-state index in [9.17, 15) is 18.4 Å². The van der Waals surface area contributed by atoms with E-state index < -0.39 is 12.2 Å². The van der Waals surface area contributed by atoms with Crippen molar-refractivity contribution in [2.75, 3.05) is 5.32 Å². The Morgan fingerprint density at radius 2 is 1.84 bits per heavy atom. The fourth-order valence-corrected chi connectivity index (χ4v) is 4.27. The van der Waals surface area contributed by atoms with Crippen LogP contribution in [0.1, 0.15) is 37.8 Å². The van der Waals surface area contributed by atoms with Crippen molar-refractivity contribution in [3.05, 3.63) is 66.5 Å². The summed E-state index contributed by atoms with van der Waals surface area (Å²) < 4.78 is 46.8. The third-order valence-corrected chi connectivity index (χ3v) is 6.31. The second-order valence-electron chi connectivity index (χ2n) is 8.69. The summed E-state index contributed by atoms with van der Waals surface area (Å²) >= 11 is 0. The SMILES string of the molecule is C[C@@H](Nc1ccc(-c2c(C#N)c3ccc(Oc4ncccn4)cc3n2C2CCC2)cc1)C(F)(F)F.O=CO. The predicted molar refractivity (Wildman–Crippen MR) is 135 cm³/mol. The van der Waals surface area contributed by atoms with Gasteiger partial charge in [0.25, 0.3) is 6.47 Å². The Morgan fingerprint density at radius 3 is 2.39 bits per heavy atom. The molecule has 0 spiro atoms. The molecule has 0 radical (unpaired) electrons. The lowest BCUT2D eigenvalue weighted by atomic mass is 9.92. The molecule has 0 amide bonds. The van der Waals surface area contributed by atoms with Crippen LogP contribution in [0.2, 0.25) is 0 Å². The first-order valence-corrected chi connectivity index (χ1v) is 11.8. The van der Waals surface area contributed by atoms with Crippen LogP contribution in [0.5, 0.6) is 11.8 Å². The number of nitriles is 1. The molecule has 196 valence electrons. The van der Waals surface area contributed by atoms with Crippen molar-refractivity contribution in [2.24, 2.45) is 0 Å². The minimum atomic E-state index is -4.34. The average Bonchev–Trinajstić information content (AvgIpc) is 3.17. The smallest absolute Gasteiger partial charge is 0.408 e. The highest BCUT2D eigenvalue weighted by Gasteiger charge is 2.36. The van der Waals surface area contributed by atoms with Gasteiger partial charge in [0.15, 0.2) is 0 Å². The lowest BCUT2D eigenvalue weighted by molar-refractivity contribution is -0.138. The highest BCUT2D eigenvalue weighted by molar-refractivity contribution is 5.95. The molecule has 8 nitrogen and oxygen atoms in total. The Labute approximate surface area is 216 Å². The summed E-state index contributed by atoms with van der Waals surface area (Å²) in [6, 6.07) is 15.1. The number of hydrogen-bond acceptors (Lipinski definition) is 6. The average molecular weight is 524 g/mol. The number of fused-ring (bicyclic) bond motifs is 1. The van der Waals surface area contributed by atoms with Crippen molar-refractivity contribution >= 4 is 23.1 Å². The fourth-order valence-electron chi connectivity index (χ4n) is 4.27. The normalized spacial score (nSPS) is 14.0. The highest BCUT2D eigenvalue weighted by Crippen LogP contribution is 2.43. The molecule has 2 N–H and O–H groups in total. The summed E-state index contributed by atoms with van der Waals surface area (Å²) in [5.74, 6) is 0.554. The molecule has 0 bridgehead atoms. The molecule has 1 fully saturated rings. The topological polar surface area (TPSA) is 113 Å². The summed E-state index contributed by atoms with van der Waals surface area (Å²) in [6.45, 7) is 0.830. The van der Waals surface area contributed by atoms with E-state index in [2.05, 4.69) is 25.9 Å². The first-order valence-electron chi connectivity index (χ1n) is 11.8. The third-order valence-electron chi connectivity index (χ3n) is 6.31. The lowest BCUT2D eigenvalue weighted by Gasteiger charge is -2.30. The molecule has 11 heteroatoms. The highest BCUT2D eigenvalue weighted by atomic mass is 19.4. The molecule has 0 aliphatic heterocycles. The molecular formula is C27H24F3N5O3. The van der Waals surface area contributed by atoms with Crippen LogP contribution in [0.3, 0.4) is 0 Å². The van der Waals surface area contributed by atoms with Gasteiger partial charge in [-0.3, -0.25) is 4.79 Å². The molecule has 5 rings (SSSR count). The van der Waals surface area contributed by atoms with Gasteiger partial charge < -0.3 is 19.7 Å². The van der Waals surface area contributed by atoms with Crippen molar-refractivity contribution in [3.63, 3.8) is 0 Å². The van der Waals surface area contributed by atoms with Crippen molar-refractivity contribution in [2.45, 2.75) is 44.4 Å². The van der Waals surface area contributed by atoms with E-state index in [1.807, 2.05) is 12.1 Å². The lowest BCUT2D eigenvalue weighted by Crippen LogP contribution is -2.32. The van der Waals surface area contributed by atoms with Crippen molar-refractivity contribution in [1.82, 2.24) is 14.5 Å². The van der Waals surface area contributed by atoms with E-state index in [0.717, 1.165) is 48.3 Å². The number of benzene rings is 2. The van der Waals surface area contributed by atoms with E-state index in [1.54, 1.807) is 48.8 Å². The van der Waals surface area contributed by atoms with Crippen LogP contribution in [-0.2, 0) is 4.79 Å². The standard InChI is InChI=1S/C26H22F3N5O.CH2O2/c1-16(26(27,28)29)33-18-8-6-17(7-9-18)24-22(15-30)21-11-10-20(35-25-31-12-3-13-32-25)14-23(21)34(24)19-4-2-5-19;2-1-3/h3,6-14,16,19,33H,2,4-5H2,1H3;1H,(H,2,3)/t16-;/m1./s1. The Hall–Kier alpha value is -4.59. The Bertz CT molecular complexity index is 1440. The van der Waals surface area contributed by atoms with E-state index in [-0.39, 0.29) is 18.5 Å². The van der Waals surface area contributed by atoms with Crippen LogP contribution in [-0.4, -0.2) is 38.3 Å². The molecule has 1 atom stereocenters. The van der Waals surface area contributed by atoms with Gasteiger partial charge in [0.2, 0.25) is 0 Å². The molecule has 2 aromatic carbocycles. The predicted octanol–water partition coefficient (Wildman–Crippen LogP) is 6.55. The molecule has 1 aliphatic rings. The van der Waals surface area contributed by atoms with Crippen LogP contribution >= 0.6 is 0 Å². The van der Waals surface area contributed by atoms with E-state index in [4.69, 9.17) is 14.6 Å². The largest absolute Gasteiger partial charge is 0.483 e. The number of halogens is 3. The van der Waals surface area contributed by atoms with Crippen LogP contribution in [0.4, 0.5) is 18.9 Å². The quantitative estimate of drug-likeness (QED) is 0.276. The number of alkyl halides is 3. The van der Waals surface area contributed by atoms with Crippen LogP contribution in [0, 0.1) is 11.3 Å². The fraction of sp³-hybridized carbons (Fsp3) is 0.259. The monoisotopic (exact) mass is 523 g/mol. The van der Waals surface area contributed by atoms with E-state index in [1.165, 1.54) is 0 Å². The zero-order valence-electron chi connectivity index (χ0n) is 20.3. The van der Waals surface area contributed by atoms with Crippen molar-refractivity contribution in [1.29, 1.82) is 5.26 Å². The second-order valence-corrected chi connectivity index (χ2v) is 8.69. The number of hydrogen-bond donors (Lipinski definition) is 2.